The van der Waals surface area contributed by atoms with Gasteiger partial charge < -0.3 is 0 Å². The Hall–Kier alpha value is -8.58. The molecular weight excluding hydrogens is 841 g/mol. The minimum atomic E-state index is 0.0298. The molecule has 70 heavy (non-hydrogen) atoms. The smallest absolute Gasteiger partial charge is 0.000696 e. The van der Waals surface area contributed by atoms with Crippen LogP contribution in [0.15, 0.2) is 200 Å². The lowest BCUT2D eigenvalue weighted by Gasteiger charge is -2.20. The fourth-order valence-corrected chi connectivity index (χ4v) is 14.0. The van der Waals surface area contributed by atoms with Crippen molar-refractivity contribution in [2.75, 3.05) is 0 Å². The van der Waals surface area contributed by atoms with E-state index in [0.29, 0.717) is 0 Å². The summed E-state index contributed by atoms with van der Waals surface area (Å²) in [7, 11) is 0. The number of benzene rings is 14. The molecule has 0 nitrogen and oxygen atoms in total. The standard InChI is InChI=1S/C70H42/c1-70(2,3)39-25-26-44-57(35-39)47-23-12-24-54-60(47)58(44)36-59-64(45-21-10-15-37-13-4-6-17-40(37)45)68-55-33-31-52-50-29-27-48-42-19-8-9-20-43(42)49-28-30-51(62(50)61(48)49)53-32-34-56(65(55)63(52)53)69(68)67(66(54)59)46-22-11-16-38-14-5-7-18-41(38)46/h4-36H,1-3H3. The minimum Gasteiger partial charge on any atom is -0.0616 e. The van der Waals surface area contributed by atoms with Crippen LogP contribution in [-0.4, -0.2) is 0 Å². The molecule has 17 rings (SSSR count). The maximum atomic E-state index is 2.60. The van der Waals surface area contributed by atoms with Crippen LogP contribution in [0.4, 0.5) is 0 Å². The summed E-state index contributed by atoms with van der Waals surface area (Å²) in [5.74, 6) is 0. The van der Waals surface area contributed by atoms with Crippen LogP contribution in [0, 0.1) is 0 Å². The Balaban J connectivity index is 1.15. The molecular formula is C70H42. The summed E-state index contributed by atoms with van der Waals surface area (Å²) >= 11 is 0. The minimum absolute atomic E-state index is 0.0298. The van der Waals surface area contributed by atoms with Gasteiger partial charge in [-0.3, -0.25) is 0 Å². The highest BCUT2D eigenvalue weighted by Gasteiger charge is 2.31. The van der Waals surface area contributed by atoms with Crippen molar-refractivity contribution in [3.05, 3.63) is 206 Å². The molecule has 1 aliphatic rings. The topological polar surface area (TPSA) is 0 Å². The fourth-order valence-electron chi connectivity index (χ4n) is 14.0. The van der Waals surface area contributed by atoms with Gasteiger partial charge in [0.05, 0.1) is 0 Å². The lowest BCUT2D eigenvalue weighted by Crippen LogP contribution is -2.10. The highest BCUT2D eigenvalue weighted by molar-refractivity contribution is 6.49. The van der Waals surface area contributed by atoms with Crippen LogP contribution in [0.2, 0.25) is 0 Å². The van der Waals surface area contributed by atoms with Gasteiger partial charge in [0, 0.05) is 0 Å². The van der Waals surface area contributed by atoms with Crippen LogP contribution >= 0.6 is 0 Å². The van der Waals surface area contributed by atoms with E-state index >= 15 is 0 Å². The Bertz CT molecular complexity index is 4930. The van der Waals surface area contributed by atoms with Crippen molar-refractivity contribution in [2.45, 2.75) is 26.2 Å². The summed E-state index contributed by atoms with van der Waals surface area (Å²) in [6.45, 7) is 6.99. The van der Waals surface area contributed by atoms with Gasteiger partial charge in [0.15, 0.2) is 0 Å². The molecule has 1 aliphatic carbocycles. The quantitative estimate of drug-likeness (QED) is 0.120. The van der Waals surface area contributed by atoms with Crippen LogP contribution in [-0.2, 0) is 5.41 Å². The molecule has 0 bridgehead atoms. The molecule has 0 unspecified atom stereocenters. The Kier molecular flexibility index (Phi) is 6.81. The molecule has 0 aliphatic heterocycles. The molecule has 0 radical (unpaired) electrons. The highest BCUT2D eigenvalue weighted by Crippen LogP contribution is 2.59. The third kappa shape index (κ3) is 4.45. The van der Waals surface area contributed by atoms with Crippen LogP contribution in [0.5, 0.6) is 0 Å². The van der Waals surface area contributed by atoms with Gasteiger partial charge in [0.2, 0.25) is 0 Å². The maximum absolute atomic E-state index is 2.60. The molecule has 0 saturated heterocycles. The van der Waals surface area contributed by atoms with Gasteiger partial charge in [0.25, 0.3) is 0 Å². The summed E-state index contributed by atoms with van der Waals surface area (Å²) in [6, 6.07) is 77.5. The Labute approximate surface area is 403 Å². The van der Waals surface area contributed by atoms with Crippen molar-refractivity contribution in [3.8, 4) is 44.5 Å². The van der Waals surface area contributed by atoms with E-state index in [1.54, 1.807) is 0 Å². The van der Waals surface area contributed by atoms with Gasteiger partial charge in [-0.15, -0.1) is 0 Å². The Morgan fingerprint density at radius 2 is 0.643 bits per heavy atom. The highest BCUT2D eigenvalue weighted by atomic mass is 14.3. The van der Waals surface area contributed by atoms with Gasteiger partial charge in [-0.25, -0.2) is 0 Å². The normalized spacial score (nSPS) is 13.1. The van der Waals surface area contributed by atoms with E-state index in [2.05, 4.69) is 221 Å². The maximum Gasteiger partial charge on any atom is -0.000696 e. The van der Waals surface area contributed by atoms with E-state index in [1.807, 2.05) is 0 Å². The molecule has 16 aromatic carbocycles. The molecule has 0 fully saturated rings. The third-order valence-corrected chi connectivity index (χ3v) is 17.0. The average Bonchev–Trinajstić information content (AvgIpc) is 4.04. The monoisotopic (exact) mass is 882 g/mol. The predicted octanol–water partition coefficient (Wildman–Crippen LogP) is 20.1. The summed E-state index contributed by atoms with van der Waals surface area (Å²) < 4.78 is 0. The van der Waals surface area contributed by atoms with Crippen LogP contribution in [0.25, 0.3) is 174 Å². The first-order chi connectivity index (χ1) is 34.4. The SMILES string of the molecule is CC(C)(C)c1ccc2c(c1)c1cccc3c4c(-c5cccc6ccccc56)c5c6ccc7c8ccc9c%10c(ccc(c%11ccc(c5c(-c5cccc%12ccccc5%12)c4cc2c13)c6c%117)c%108)-c1ccccc1-9. The van der Waals surface area contributed by atoms with Crippen molar-refractivity contribution in [1.29, 1.82) is 0 Å². The Morgan fingerprint density at radius 1 is 0.214 bits per heavy atom. The second-order valence-electron chi connectivity index (χ2n) is 21.3. The van der Waals surface area contributed by atoms with Gasteiger partial charge in [-0.05, 0) is 197 Å². The third-order valence-electron chi connectivity index (χ3n) is 17.0. The molecule has 0 N–H and O–H groups in total. The molecule has 0 atom stereocenters. The molecule has 322 valence electrons. The predicted molar refractivity (Wildman–Crippen MR) is 304 cm³/mol. The lowest BCUT2D eigenvalue weighted by molar-refractivity contribution is 0.591. The summed E-state index contributed by atoms with van der Waals surface area (Å²) in [4.78, 5) is 0. The zero-order chi connectivity index (χ0) is 45.9. The summed E-state index contributed by atoms with van der Waals surface area (Å²) in [5.41, 5.74) is 12.0. The van der Waals surface area contributed by atoms with Crippen LogP contribution in [0.3, 0.4) is 0 Å². The van der Waals surface area contributed by atoms with Crippen LogP contribution < -0.4 is 0 Å². The molecule has 0 heteroatoms. The molecule has 0 aromatic heterocycles. The molecule has 0 heterocycles. The number of hydrogen-bond donors (Lipinski definition) is 0. The first-order valence-electron chi connectivity index (χ1n) is 24.9. The molecule has 0 amide bonds. The zero-order valence-electron chi connectivity index (χ0n) is 39.1. The number of hydrogen-bond acceptors (Lipinski definition) is 0. The zero-order valence-corrected chi connectivity index (χ0v) is 39.1. The van der Waals surface area contributed by atoms with E-state index in [0.717, 1.165) is 0 Å². The summed E-state index contributed by atoms with van der Waals surface area (Å²) in [5, 5.41) is 31.8. The molecule has 0 spiro atoms. The van der Waals surface area contributed by atoms with Crippen molar-refractivity contribution in [2.24, 2.45) is 0 Å². The Morgan fingerprint density at radius 3 is 1.29 bits per heavy atom. The molecule has 0 saturated carbocycles. The van der Waals surface area contributed by atoms with Crippen molar-refractivity contribution >= 4 is 129 Å². The lowest BCUT2D eigenvalue weighted by atomic mass is 9.82. The van der Waals surface area contributed by atoms with Crippen molar-refractivity contribution in [3.63, 3.8) is 0 Å². The van der Waals surface area contributed by atoms with E-state index in [1.165, 1.54) is 179 Å². The van der Waals surface area contributed by atoms with Gasteiger partial charge in [0.1, 0.15) is 0 Å². The van der Waals surface area contributed by atoms with Crippen LogP contribution in [0.1, 0.15) is 26.3 Å². The summed E-state index contributed by atoms with van der Waals surface area (Å²) in [6.07, 6.45) is 0. The first kappa shape index (κ1) is 37.4. The first-order valence-corrected chi connectivity index (χ1v) is 24.9. The van der Waals surface area contributed by atoms with E-state index in [-0.39, 0.29) is 5.41 Å². The van der Waals surface area contributed by atoms with Crippen molar-refractivity contribution < 1.29 is 0 Å². The number of fused-ring (bicyclic) bond motifs is 15. The second-order valence-corrected chi connectivity index (χ2v) is 21.3. The fraction of sp³-hybridized carbons (Fsp3) is 0.0571. The van der Waals surface area contributed by atoms with Gasteiger partial charge in [-0.1, -0.05) is 209 Å². The molecule has 16 aromatic rings. The van der Waals surface area contributed by atoms with E-state index in [4.69, 9.17) is 0 Å². The van der Waals surface area contributed by atoms with Gasteiger partial charge >= 0.3 is 0 Å². The largest absolute Gasteiger partial charge is 0.0616 e. The second kappa shape index (κ2) is 12.7. The van der Waals surface area contributed by atoms with Gasteiger partial charge in [-0.2, -0.15) is 0 Å². The van der Waals surface area contributed by atoms with E-state index < -0.39 is 0 Å². The van der Waals surface area contributed by atoms with Crippen molar-refractivity contribution in [1.82, 2.24) is 0 Å². The average molecular weight is 883 g/mol. The van der Waals surface area contributed by atoms with E-state index in [9.17, 15) is 0 Å². The number of rotatable bonds is 2.